The molecule has 3 atom stereocenters. The van der Waals surface area contributed by atoms with Crippen molar-refractivity contribution < 1.29 is 32.9 Å². The topological polar surface area (TPSA) is 108 Å². The van der Waals surface area contributed by atoms with Gasteiger partial charge in [0.2, 0.25) is 5.91 Å². The molecule has 8 nitrogen and oxygen atoms in total. The Bertz CT molecular complexity index is 1250. The Balaban J connectivity index is 4.07. The Labute approximate surface area is 442 Å². The van der Waals surface area contributed by atoms with Crippen LogP contribution in [0, 0.1) is 0 Å². The minimum Gasteiger partial charge on any atom is -0.756 e. The number of rotatable bonds is 57. The first-order valence-corrected chi connectivity index (χ1v) is 32.3. The fourth-order valence-corrected chi connectivity index (χ4v) is 9.97. The molecule has 71 heavy (non-hydrogen) atoms. The average Bonchev–Trinajstić information content (AvgIpc) is 3.33. The molecule has 0 aliphatic carbocycles. The number of carbonyl (C=O) groups is 1. The smallest absolute Gasteiger partial charge is 0.268 e. The van der Waals surface area contributed by atoms with E-state index in [4.69, 9.17) is 9.05 Å². The van der Waals surface area contributed by atoms with Gasteiger partial charge in [0.1, 0.15) is 13.2 Å². The zero-order valence-electron chi connectivity index (χ0n) is 47.9. The van der Waals surface area contributed by atoms with Gasteiger partial charge in [-0.3, -0.25) is 9.36 Å². The summed E-state index contributed by atoms with van der Waals surface area (Å²) < 4.78 is 23.4. The molecule has 1 amide bonds. The molecule has 0 saturated carbocycles. The van der Waals surface area contributed by atoms with E-state index in [1.54, 1.807) is 6.08 Å². The number of nitrogens with one attached hydrogen (secondary N) is 1. The van der Waals surface area contributed by atoms with Gasteiger partial charge in [-0.05, 0) is 51.4 Å². The van der Waals surface area contributed by atoms with Crippen LogP contribution in [0.5, 0.6) is 0 Å². The maximum Gasteiger partial charge on any atom is 0.268 e. The molecule has 0 fully saturated rings. The van der Waals surface area contributed by atoms with Crippen LogP contribution >= 0.6 is 7.82 Å². The van der Waals surface area contributed by atoms with Crippen LogP contribution in [0.1, 0.15) is 303 Å². The van der Waals surface area contributed by atoms with Crippen LogP contribution in [0.2, 0.25) is 0 Å². The number of quaternary nitrogens is 1. The maximum atomic E-state index is 13.0. The number of nitrogens with zero attached hydrogens (tertiary/aromatic N) is 1. The van der Waals surface area contributed by atoms with Gasteiger partial charge in [-0.25, -0.2) is 0 Å². The second-order valence-electron chi connectivity index (χ2n) is 22.4. The van der Waals surface area contributed by atoms with Crippen molar-refractivity contribution in [2.24, 2.45) is 0 Å². The van der Waals surface area contributed by atoms with Gasteiger partial charge in [0.25, 0.3) is 7.82 Å². The second kappa shape index (κ2) is 53.5. The summed E-state index contributed by atoms with van der Waals surface area (Å²) in [6.07, 6.45) is 69.6. The normalized spacial score (nSPS) is 14.1. The Morgan fingerprint density at radius 3 is 1.20 bits per heavy atom. The van der Waals surface area contributed by atoms with Crippen LogP contribution < -0.4 is 10.2 Å². The largest absolute Gasteiger partial charge is 0.756 e. The van der Waals surface area contributed by atoms with Gasteiger partial charge in [-0.1, -0.05) is 281 Å². The van der Waals surface area contributed by atoms with Gasteiger partial charge in [0, 0.05) is 6.42 Å². The fourth-order valence-electron chi connectivity index (χ4n) is 9.25. The highest BCUT2D eigenvalue weighted by molar-refractivity contribution is 7.45. The van der Waals surface area contributed by atoms with E-state index in [1.165, 1.54) is 231 Å². The highest BCUT2D eigenvalue weighted by Gasteiger charge is 2.23. The number of aliphatic hydroxyl groups is 1. The number of phosphoric acid groups is 1. The first-order valence-electron chi connectivity index (χ1n) is 30.9. The standard InChI is InChI=1S/C62H121N2O6P/c1-6-8-10-12-14-16-18-20-22-24-25-26-27-28-29-30-31-32-33-34-35-36-37-38-40-41-43-45-47-49-51-53-55-61(65)60(59-70-71(67,68)69-58-57-64(3,4)5)63-62(66)56-54-52-50-48-46-44-42-39-23-21-19-17-15-13-11-9-7-2/h15,17,21,23,53,55,60-61,65H,6-14,16,18-20,22,24-52,54,56-59H2,1-5H3,(H-,63,66,67,68)/b17-15-,23-21-,55-53+. The van der Waals surface area contributed by atoms with Gasteiger partial charge in [-0.15, -0.1) is 0 Å². The lowest BCUT2D eigenvalue weighted by Gasteiger charge is -2.29. The predicted molar refractivity (Wildman–Crippen MR) is 307 cm³/mol. The highest BCUT2D eigenvalue weighted by Crippen LogP contribution is 2.38. The number of hydrogen-bond donors (Lipinski definition) is 2. The number of unbranched alkanes of at least 4 members (excludes halogenated alkanes) is 40. The molecule has 0 aliphatic heterocycles. The molecule has 420 valence electrons. The van der Waals surface area contributed by atoms with Gasteiger partial charge >= 0.3 is 0 Å². The number of amides is 1. The molecule has 0 heterocycles. The van der Waals surface area contributed by atoms with Gasteiger partial charge in [0.05, 0.1) is 39.9 Å². The van der Waals surface area contributed by atoms with Gasteiger partial charge in [0.15, 0.2) is 0 Å². The van der Waals surface area contributed by atoms with Crippen molar-refractivity contribution in [3.63, 3.8) is 0 Å². The SMILES string of the molecule is CCCCC/C=C\C/C=C\CCCCCCCCCC(=O)NC(COP(=O)([O-])OCC[N+](C)(C)C)C(O)/C=C/CCCCCCCCCCCCCCCCCCCCCCCCCCCCCCCC. The van der Waals surface area contributed by atoms with Crippen molar-refractivity contribution in [2.45, 2.75) is 315 Å². The molecule has 0 aromatic heterocycles. The van der Waals surface area contributed by atoms with Crippen molar-refractivity contribution in [2.75, 3.05) is 40.9 Å². The third kappa shape index (κ3) is 56.3. The molecule has 0 rings (SSSR count). The van der Waals surface area contributed by atoms with Crippen molar-refractivity contribution in [1.29, 1.82) is 0 Å². The Morgan fingerprint density at radius 2 is 0.817 bits per heavy atom. The van der Waals surface area contributed by atoms with E-state index in [0.717, 1.165) is 51.4 Å². The minimum absolute atomic E-state index is 0.00235. The van der Waals surface area contributed by atoms with Crippen LogP contribution in [-0.2, 0) is 18.4 Å². The number of hydrogen-bond acceptors (Lipinski definition) is 6. The summed E-state index contributed by atoms with van der Waals surface area (Å²) >= 11 is 0. The first kappa shape index (κ1) is 69.7. The molecule has 0 aliphatic rings. The molecular formula is C62H121N2O6P. The quantitative estimate of drug-likeness (QED) is 0.0272. The summed E-state index contributed by atoms with van der Waals surface area (Å²) in [6.45, 7) is 4.65. The molecule has 3 unspecified atom stereocenters. The van der Waals surface area contributed by atoms with Crippen LogP contribution in [0.4, 0.5) is 0 Å². The lowest BCUT2D eigenvalue weighted by molar-refractivity contribution is -0.870. The minimum atomic E-state index is -4.60. The molecule has 0 bridgehead atoms. The van der Waals surface area contributed by atoms with Crippen LogP contribution in [0.3, 0.4) is 0 Å². The van der Waals surface area contributed by atoms with Gasteiger partial charge in [-0.2, -0.15) is 0 Å². The molecule has 0 radical (unpaired) electrons. The van der Waals surface area contributed by atoms with E-state index < -0.39 is 20.0 Å². The van der Waals surface area contributed by atoms with Gasteiger partial charge < -0.3 is 28.8 Å². The van der Waals surface area contributed by atoms with Crippen LogP contribution in [0.15, 0.2) is 36.5 Å². The lowest BCUT2D eigenvalue weighted by atomic mass is 10.0. The Kier molecular flexibility index (Phi) is 52.6. The molecule has 0 saturated heterocycles. The van der Waals surface area contributed by atoms with E-state index in [-0.39, 0.29) is 19.1 Å². The maximum absolute atomic E-state index is 13.0. The Hall–Kier alpha value is -1.28. The first-order chi connectivity index (χ1) is 34.5. The second-order valence-corrected chi connectivity index (χ2v) is 23.8. The molecule has 2 N–H and O–H groups in total. The van der Waals surface area contributed by atoms with Crippen molar-refractivity contribution in [3.05, 3.63) is 36.5 Å². The van der Waals surface area contributed by atoms with E-state index in [9.17, 15) is 19.4 Å². The summed E-state index contributed by atoms with van der Waals surface area (Å²) in [5.41, 5.74) is 0. The summed E-state index contributed by atoms with van der Waals surface area (Å²) in [4.78, 5) is 25.5. The van der Waals surface area contributed by atoms with E-state index in [0.29, 0.717) is 17.4 Å². The predicted octanol–water partition coefficient (Wildman–Crippen LogP) is 18.3. The number of aliphatic hydroxyl groups excluding tert-OH is 1. The summed E-state index contributed by atoms with van der Waals surface area (Å²) in [5.74, 6) is -0.202. The summed E-state index contributed by atoms with van der Waals surface area (Å²) in [7, 11) is 1.26. The number of carbonyl (C=O) groups excluding carboxylic acids is 1. The fraction of sp³-hybridized carbons (Fsp3) is 0.887. The van der Waals surface area contributed by atoms with E-state index in [2.05, 4.69) is 43.5 Å². The molecular weight excluding hydrogens is 900 g/mol. The zero-order chi connectivity index (χ0) is 52.0. The van der Waals surface area contributed by atoms with Crippen LogP contribution in [0.25, 0.3) is 0 Å². The molecule has 9 heteroatoms. The van der Waals surface area contributed by atoms with E-state index >= 15 is 0 Å². The monoisotopic (exact) mass is 1020 g/mol. The number of allylic oxidation sites excluding steroid dienone is 5. The molecule has 0 aromatic rings. The number of likely N-dealkylation sites (N-methyl/N-ethyl adjacent to an activating group) is 1. The van der Waals surface area contributed by atoms with Crippen molar-refractivity contribution >= 4 is 13.7 Å². The van der Waals surface area contributed by atoms with E-state index in [1.807, 2.05) is 27.2 Å². The van der Waals surface area contributed by atoms with Crippen molar-refractivity contribution in [3.8, 4) is 0 Å². The molecule has 0 aromatic carbocycles. The summed E-state index contributed by atoms with van der Waals surface area (Å²) in [6, 6.07) is -0.891. The third-order valence-corrected chi connectivity index (χ3v) is 15.1. The van der Waals surface area contributed by atoms with Crippen LogP contribution in [-0.4, -0.2) is 68.5 Å². The average molecular weight is 1020 g/mol. The Morgan fingerprint density at radius 1 is 0.493 bits per heavy atom. The lowest BCUT2D eigenvalue weighted by Crippen LogP contribution is -2.45. The van der Waals surface area contributed by atoms with Crippen molar-refractivity contribution in [1.82, 2.24) is 5.32 Å². The zero-order valence-corrected chi connectivity index (χ0v) is 48.8. The third-order valence-electron chi connectivity index (χ3n) is 14.1. The highest BCUT2D eigenvalue weighted by atomic mass is 31.2. The number of phosphoric ester groups is 1. The summed E-state index contributed by atoms with van der Waals surface area (Å²) in [5, 5.41) is 13.9. The molecule has 0 spiro atoms.